The molecule has 4 N–H and O–H groups in total. The molecule has 4 nitrogen and oxygen atoms in total. The molecule has 0 aliphatic carbocycles. The maximum atomic E-state index is 11.2. The maximum Gasteiger partial charge on any atom is 0.228 e. The van der Waals surface area contributed by atoms with E-state index in [0.717, 1.165) is 23.5 Å². The third-order valence-electron chi connectivity index (χ3n) is 2.79. The largest absolute Gasteiger partial charge is 0.385 e. The minimum absolute atomic E-state index is 0.0717. The predicted molar refractivity (Wildman–Crippen MR) is 65.5 cm³/mol. The number of fused-ring (bicyclic) bond motifs is 1. The molecule has 1 aromatic carbocycles. The molecular formula is C12H17N3O. The SMILES string of the molecule is CC(CN)CNc1ccc2c(c1)CC(=O)N2. The minimum atomic E-state index is 0.0717. The number of hydrogen-bond acceptors (Lipinski definition) is 3. The summed E-state index contributed by atoms with van der Waals surface area (Å²) in [7, 11) is 0. The summed E-state index contributed by atoms with van der Waals surface area (Å²) in [4.78, 5) is 11.2. The molecular weight excluding hydrogens is 202 g/mol. The monoisotopic (exact) mass is 219 g/mol. The van der Waals surface area contributed by atoms with Crippen molar-refractivity contribution in [2.45, 2.75) is 13.3 Å². The Labute approximate surface area is 95.2 Å². The van der Waals surface area contributed by atoms with Crippen LogP contribution in [0.1, 0.15) is 12.5 Å². The Kier molecular flexibility index (Phi) is 3.10. The zero-order valence-corrected chi connectivity index (χ0v) is 9.42. The van der Waals surface area contributed by atoms with Crippen LogP contribution in [0.5, 0.6) is 0 Å². The Morgan fingerprint density at radius 1 is 1.56 bits per heavy atom. The summed E-state index contributed by atoms with van der Waals surface area (Å²) in [5.74, 6) is 0.524. The second kappa shape index (κ2) is 4.53. The van der Waals surface area contributed by atoms with Crippen molar-refractivity contribution >= 4 is 17.3 Å². The predicted octanol–water partition coefficient (Wildman–Crippen LogP) is 1.19. The van der Waals surface area contributed by atoms with E-state index in [1.807, 2.05) is 18.2 Å². The lowest BCUT2D eigenvalue weighted by atomic mass is 10.1. The molecule has 0 fully saturated rings. The van der Waals surface area contributed by atoms with Gasteiger partial charge in [0.15, 0.2) is 0 Å². The Hall–Kier alpha value is -1.55. The average Bonchev–Trinajstić information content (AvgIpc) is 2.65. The van der Waals surface area contributed by atoms with E-state index in [1.54, 1.807) is 0 Å². The molecule has 0 saturated heterocycles. The zero-order valence-electron chi connectivity index (χ0n) is 9.42. The normalized spacial score (nSPS) is 15.5. The molecule has 0 spiro atoms. The van der Waals surface area contributed by atoms with Crippen LogP contribution in [0.25, 0.3) is 0 Å². The Morgan fingerprint density at radius 3 is 3.12 bits per heavy atom. The zero-order chi connectivity index (χ0) is 11.5. The summed E-state index contributed by atoms with van der Waals surface area (Å²) < 4.78 is 0. The van der Waals surface area contributed by atoms with Gasteiger partial charge in [-0.25, -0.2) is 0 Å². The molecule has 86 valence electrons. The van der Waals surface area contributed by atoms with Gasteiger partial charge in [-0.15, -0.1) is 0 Å². The lowest BCUT2D eigenvalue weighted by Gasteiger charge is -2.12. The van der Waals surface area contributed by atoms with E-state index in [2.05, 4.69) is 17.6 Å². The molecule has 0 aromatic heterocycles. The van der Waals surface area contributed by atoms with Crippen molar-refractivity contribution in [3.63, 3.8) is 0 Å². The second-order valence-corrected chi connectivity index (χ2v) is 4.32. The van der Waals surface area contributed by atoms with E-state index >= 15 is 0 Å². The molecule has 1 aromatic rings. The van der Waals surface area contributed by atoms with Gasteiger partial charge in [-0.2, -0.15) is 0 Å². The number of amides is 1. The summed E-state index contributed by atoms with van der Waals surface area (Å²) in [6.45, 7) is 3.64. The van der Waals surface area contributed by atoms with Gasteiger partial charge in [-0.3, -0.25) is 4.79 Å². The molecule has 1 heterocycles. The van der Waals surface area contributed by atoms with E-state index < -0.39 is 0 Å². The first kappa shape index (κ1) is 11.0. The maximum absolute atomic E-state index is 11.2. The molecule has 0 radical (unpaired) electrons. The van der Waals surface area contributed by atoms with E-state index in [4.69, 9.17) is 5.73 Å². The molecule has 1 unspecified atom stereocenters. The number of carbonyl (C=O) groups excluding carboxylic acids is 1. The number of anilines is 2. The van der Waals surface area contributed by atoms with Crippen molar-refractivity contribution in [3.05, 3.63) is 23.8 Å². The Morgan fingerprint density at radius 2 is 2.38 bits per heavy atom. The van der Waals surface area contributed by atoms with Crippen molar-refractivity contribution in [1.29, 1.82) is 0 Å². The summed E-state index contributed by atoms with van der Waals surface area (Å²) >= 11 is 0. The third kappa shape index (κ3) is 2.33. The molecule has 2 rings (SSSR count). The van der Waals surface area contributed by atoms with Gasteiger partial charge in [-0.05, 0) is 36.2 Å². The molecule has 1 aliphatic rings. The van der Waals surface area contributed by atoms with Gasteiger partial charge >= 0.3 is 0 Å². The molecule has 1 amide bonds. The van der Waals surface area contributed by atoms with Crippen LogP contribution in [-0.2, 0) is 11.2 Å². The van der Waals surface area contributed by atoms with Crippen LogP contribution in [0.3, 0.4) is 0 Å². The quantitative estimate of drug-likeness (QED) is 0.712. The summed E-state index contributed by atoms with van der Waals surface area (Å²) in [6, 6.07) is 5.94. The molecule has 16 heavy (non-hydrogen) atoms. The van der Waals surface area contributed by atoms with Gasteiger partial charge in [-0.1, -0.05) is 6.92 Å². The Balaban J connectivity index is 2.02. The van der Waals surface area contributed by atoms with Gasteiger partial charge in [0.05, 0.1) is 6.42 Å². The van der Waals surface area contributed by atoms with Gasteiger partial charge in [0, 0.05) is 17.9 Å². The topological polar surface area (TPSA) is 67.1 Å². The van der Waals surface area contributed by atoms with Crippen molar-refractivity contribution in [3.8, 4) is 0 Å². The van der Waals surface area contributed by atoms with Crippen LogP contribution in [0, 0.1) is 5.92 Å². The highest BCUT2D eigenvalue weighted by Gasteiger charge is 2.17. The van der Waals surface area contributed by atoms with Crippen molar-refractivity contribution in [1.82, 2.24) is 0 Å². The minimum Gasteiger partial charge on any atom is -0.385 e. The highest BCUT2D eigenvalue weighted by molar-refractivity contribution is 5.99. The number of carbonyl (C=O) groups is 1. The fourth-order valence-corrected chi connectivity index (χ4v) is 1.71. The molecule has 1 aliphatic heterocycles. The van der Waals surface area contributed by atoms with Crippen LogP contribution in [0.4, 0.5) is 11.4 Å². The fourth-order valence-electron chi connectivity index (χ4n) is 1.71. The first-order valence-electron chi connectivity index (χ1n) is 5.55. The van der Waals surface area contributed by atoms with E-state index in [0.29, 0.717) is 18.9 Å². The number of rotatable bonds is 4. The molecule has 1 atom stereocenters. The second-order valence-electron chi connectivity index (χ2n) is 4.32. The van der Waals surface area contributed by atoms with Crippen molar-refractivity contribution < 1.29 is 4.79 Å². The van der Waals surface area contributed by atoms with E-state index in [-0.39, 0.29) is 5.91 Å². The van der Waals surface area contributed by atoms with Crippen LogP contribution >= 0.6 is 0 Å². The van der Waals surface area contributed by atoms with Crippen molar-refractivity contribution in [2.24, 2.45) is 11.7 Å². The van der Waals surface area contributed by atoms with Crippen molar-refractivity contribution in [2.75, 3.05) is 23.7 Å². The summed E-state index contributed by atoms with van der Waals surface area (Å²) in [6.07, 6.45) is 0.483. The van der Waals surface area contributed by atoms with Gasteiger partial charge in [0.25, 0.3) is 0 Å². The summed E-state index contributed by atoms with van der Waals surface area (Å²) in [5, 5.41) is 6.13. The Bertz CT molecular complexity index is 403. The van der Waals surface area contributed by atoms with Gasteiger partial charge in [0.1, 0.15) is 0 Å². The standard InChI is InChI=1S/C12H17N3O/c1-8(6-13)7-14-10-2-3-11-9(4-10)5-12(16)15-11/h2-4,8,14H,5-7,13H2,1H3,(H,15,16). The van der Waals surface area contributed by atoms with Crippen LogP contribution in [-0.4, -0.2) is 19.0 Å². The highest BCUT2D eigenvalue weighted by atomic mass is 16.1. The highest BCUT2D eigenvalue weighted by Crippen LogP contribution is 2.25. The smallest absolute Gasteiger partial charge is 0.228 e. The lowest BCUT2D eigenvalue weighted by Crippen LogP contribution is -2.19. The fraction of sp³-hybridized carbons (Fsp3) is 0.417. The average molecular weight is 219 g/mol. The van der Waals surface area contributed by atoms with Crippen LogP contribution in [0.2, 0.25) is 0 Å². The molecule has 0 saturated carbocycles. The van der Waals surface area contributed by atoms with E-state index in [9.17, 15) is 4.79 Å². The van der Waals surface area contributed by atoms with E-state index in [1.165, 1.54) is 0 Å². The molecule has 0 bridgehead atoms. The first-order chi connectivity index (χ1) is 7.69. The lowest BCUT2D eigenvalue weighted by molar-refractivity contribution is -0.115. The number of nitrogens with one attached hydrogen (secondary N) is 2. The number of benzene rings is 1. The van der Waals surface area contributed by atoms with Crippen LogP contribution in [0.15, 0.2) is 18.2 Å². The third-order valence-corrected chi connectivity index (χ3v) is 2.79. The van der Waals surface area contributed by atoms with Gasteiger partial charge in [0.2, 0.25) is 5.91 Å². The van der Waals surface area contributed by atoms with Gasteiger partial charge < -0.3 is 16.4 Å². The number of hydrogen-bond donors (Lipinski definition) is 3. The molecule has 4 heteroatoms. The number of nitrogens with two attached hydrogens (primary N) is 1. The summed E-state index contributed by atoms with van der Waals surface area (Å²) in [5.41, 5.74) is 8.60. The first-order valence-corrected chi connectivity index (χ1v) is 5.55. The van der Waals surface area contributed by atoms with Crippen LogP contribution < -0.4 is 16.4 Å².